The first kappa shape index (κ1) is 18.8. The maximum atomic E-state index is 12.1. The maximum Gasteiger partial charge on any atom is 0.255 e. The van der Waals surface area contributed by atoms with Crippen LogP contribution >= 0.6 is 23.2 Å². The number of nitrogens with one attached hydrogen (secondary N) is 1. The van der Waals surface area contributed by atoms with Crippen molar-refractivity contribution < 1.29 is 0 Å². The lowest BCUT2D eigenvalue weighted by Crippen LogP contribution is -2.07. The number of nitrogens with zero attached hydrogens (tertiary/aromatic N) is 2. The van der Waals surface area contributed by atoms with Gasteiger partial charge in [0.1, 0.15) is 6.33 Å². The largest absolute Gasteiger partial charge is 0.329 e. The highest BCUT2D eigenvalue weighted by molar-refractivity contribution is 6.40. The van der Waals surface area contributed by atoms with Crippen LogP contribution in [0.15, 0.2) is 71.9 Å². The minimum Gasteiger partial charge on any atom is -0.329 e. The summed E-state index contributed by atoms with van der Waals surface area (Å²) in [6.45, 7) is 0. The number of hydrogen-bond donors (Lipinski definition) is 1. The molecule has 4 nitrogen and oxygen atoms in total. The van der Waals surface area contributed by atoms with Gasteiger partial charge in [0, 0.05) is 17.4 Å². The third kappa shape index (κ3) is 3.84. The van der Waals surface area contributed by atoms with E-state index >= 15 is 0 Å². The number of benzene rings is 2. The lowest BCUT2D eigenvalue weighted by atomic mass is 10.1. The average molecular weight is 412 g/mol. The van der Waals surface area contributed by atoms with Crippen LogP contribution in [0.2, 0.25) is 0 Å². The van der Waals surface area contributed by atoms with Crippen LogP contribution in [0.3, 0.4) is 0 Å². The molecule has 0 aliphatic heterocycles. The van der Waals surface area contributed by atoms with Gasteiger partial charge in [0.25, 0.3) is 5.56 Å². The number of rotatable bonds is 3. The predicted octanol–water partition coefficient (Wildman–Crippen LogP) is 5.68. The van der Waals surface area contributed by atoms with Gasteiger partial charge in [-0.2, -0.15) is 0 Å². The summed E-state index contributed by atoms with van der Waals surface area (Å²) < 4.78 is 2.08. The summed E-state index contributed by atoms with van der Waals surface area (Å²) in [5.41, 5.74) is 5.99. The number of fused-ring (bicyclic) bond motifs is 1. The summed E-state index contributed by atoms with van der Waals surface area (Å²) >= 11 is 9.53. The monoisotopic (exact) mass is 411 g/mol. The number of pyridine rings is 1. The first-order valence-electron chi connectivity index (χ1n) is 9.08. The van der Waals surface area contributed by atoms with Gasteiger partial charge in [-0.1, -0.05) is 18.2 Å². The van der Waals surface area contributed by atoms with E-state index in [2.05, 4.69) is 32.7 Å². The molecule has 1 aliphatic carbocycles. The molecule has 0 unspecified atom stereocenters. The van der Waals surface area contributed by atoms with Gasteiger partial charge >= 0.3 is 0 Å². The number of alkyl halides is 2. The number of aromatic amines is 1. The Bertz CT molecular complexity index is 1160. The van der Waals surface area contributed by atoms with Crippen LogP contribution in [-0.2, 0) is 0 Å². The molecular weight excluding hydrogens is 393 g/mol. The highest BCUT2D eigenvalue weighted by Gasteiger charge is 2.23. The van der Waals surface area contributed by atoms with Gasteiger partial charge in [-0.15, -0.1) is 23.2 Å². The highest BCUT2D eigenvalue weighted by Crippen LogP contribution is 2.40. The number of halogens is 2. The molecule has 0 atom stereocenters. The summed E-state index contributed by atoms with van der Waals surface area (Å²) in [5, 5.41) is 0.194. The molecule has 142 valence electrons. The van der Waals surface area contributed by atoms with Gasteiger partial charge in [-0.05, 0) is 66.3 Å². The molecule has 1 aliphatic rings. The van der Waals surface area contributed by atoms with Crippen molar-refractivity contribution in [3.05, 3.63) is 83.0 Å². The van der Waals surface area contributed by atoms with Gasteiger partial charge in [0.15, 0.2) is 0 Å². The van der Waals surface area contributed by atoms with Gasteiger partial charge in [0.2, 0.25) is 0 Å². The highest BCUT2D eigenvalue weighted by atomic mass is 35.5. The maximum absolute atomic E-state index is 12.1. The van der Waals surface area contributed by atoms with Crippen LogP contribution in [-0.4, -0.2) is 19.9 Å². The van der Waals surface area contributed by atoms with E-state index < -0.39 is 0 Å². The molecule has 28 heavy (non-hydrogen) atoms. The van der Waals surface area contributed by atoms with Crippen molar-refractivity contribution in [2.24, 2.45) is 0 Å². The number of H-pyrrole nitrogens is 1. The standard InChI is InChI=1S/C21H17N3O.CH2Cl2/c25-21-18(5-2-10-22-21)16-3-1-4-17(11-16)24-13-23-19-12-15(14-6-7-14)8-9-20(19)24;2-1-3/h1-5,8-14H,6-7H2,(H,22,25);1H2. The van der Waals surface area contributed by atoms with Crippen molar-refractivity contribution in [1.29, 1.82) is 0 Å². The molecule has 4 aromatic rings. The van der Waals surface area contributed by atoms with Crippen molar-refractivity contribution >= 4 is 34.2 Å². The first-order chi connectivity index (χ1) is 13.7. The summed E-state index contributed by atoms with van der Waals surface area (Å²) in [6.07, 6.45) is 6.09. The van der Waals surface area contributed by atoms with E-state index in [-0.39, 0.29) is 10.9 Å². The van der Waals surface area contributed by atoms with Gasteiger partial charge in [-0.3, -0.25) is 9.36 Å². The van der Waals surface area contributed by atoms with Crippen LogP contribution in [0.4, 0.5) is 0 Å². The Morgan fingerprint density at radius 3 is 2.64 bits per heavy atom. The fourth-order valence-electron chi connectivity index (χ4n) is 3.38. The lowest BCUT2D eigenvalue weighted by Gasteiger charge is -2.07. The van der Waals surface area contributed by atoms with E-state index in [1.54, 1.807) is 6.20 Å². The molecule has 0 amide bonds. The zero-order chi connectivity index (χ0) is 19.5. The van der Waals surface area contributed by atoms with E-state index in [4.69, 9.17) is 23.2 Å². The molecule has 2 aromatic carbocycles. The smallest absolute Gasteiger partial charge is 0.255 e. The third-order valence-electron chi connectivity index (χ3n) is 4.87. The second kappa shape index (κ2) is 8.21. The molecule has 5 rings (SSSR count). The van der Waals surface area contributed by atoms with Crippen molar-refractivity contribution in [1.82, 2.24) is 14.5 Å². The fourth-order valence-corrected chi connectivity index (χ4v) is 3.38. The van der Waals surface area contributed by atoms with E-state index in [0.29, 0.717) is 5.56 Å². The average Bonchev–Trinajstić information content (AvgIpc) is 3.48. The zero-order valence-corrected chi connectivity index (χ0v) is 16.6. The number of imidazole rings is 1. The second-order valence-corrected chi connectivity index (χ2v) is 7.51. The molecule has 0 saturated heterocycles. The Labute approximate surface area is 172 Å². The molecule has 1 N–H and O–H groups in total. The Kier molecular flexibility index (Phi) is 5.51. The molecule has 2 heterocycles. The van der Waals surface area contributed by atoms with E-state index in [0.717, 1.165) is 28.2 Å². The number of hydrogen-bond acceptors (Lipinski definition) is 2. The minimum absolute atomic E-state index is 0.0794. The van der Waals surface area contributed by atoms with Crippen LogP contribution in [0.1, 0.15) is 24.3 Å². The van der Waals surface area contributed by atoms with Crippen molar-refractivity contribution in [3.8, 4) is 16.8 Å². The fraction of sp³-hybridized carbons (Fsp3) is 0.182. The Balaban J connectivity index is 0.000000604. The van der Waals surface area contributed by atoms with Crippen molar-refractivity contribution in [3.63, 3.8) is 0 Å². The third-order valence-corrected chi connectivity index (χ3v) is 4.87. The van der Waals surface area contributed by atoms with E-state index in [9.17, 15) is 4.79 Å². The van der Waals surface area contributed by atoms with Crippen LogP contribution in [0.25, 0.3) is 27.8 Å². The summed E-state index contributed by atoms with van der Waals surface area (Å²) in [7, 11) is 0. The molecule has 1 fully saturated rings. The SMILES string of the molecule is ClCCl.O=c1[nH]cccc1-c1cccc(-n2cnc3cc(C4CC4)ccc32)c1. The van der Waals surface area contributed by atoms with E-state index in [1.165, 1.54) is 18.4 Å². The molecule has 2 aromatic heterocycles. The Morgan fingerprint density at radius 2 is 1.89 bits per heavy atom. The summed E-state index contributed by atoms with van der Waals surface area (Å²) in [6, 6.07) is 18.2. The number of aromatic nitrogens is 3. The van der Waals surface area contributed by atoms with E-state index in [1.807, 2.05) is 42.7 Å². The topological polar surface area (TPSA) is 50.7 Å². The lowest BCUT2D eigenvalue weighted by molar-refractivity contribution is 1.09. The molecule has 0 radical (unpaired) electrons. The minimum atomic E-state index is -0.0794. The first-order valence-corrected chi connectivity index (χ1v) is 10.2. The Hall–Kier alpha value is -2.56. The summed E-state index contributed by atoms with van der Waals surface area (Å²) in [5.74, 6) is 0.725. The second-order valence-electron chi connectivity index (χ2n) is 6.70. The van der Waals surface area contributed by atoms with Gasteiger partial charge < -0.3 is 4.98 Å². The van der Waals surface area contributed by atoms with Crippen molar-refractivity contribution in [2.45, 2.75) is 18.8 Å². The summed E-state index contributed by atoms with van der Waals surface area (Å²) in [4.78, 5) is 19.4. The van der Waals surface area contributed by atoms with Crippen LogP contribution < -0.4 is 5.56 Å². The molecule has 6 heteroatoms. The molecule has 1 saturated carbocycles. The van der Waals surface area contributed by atoms with Crippen LogP contribution in [0.5, 0.6) is 0 Å². The van der Waals surface area contributed by atoms with Gasteiger partial charge in [0.05, 0.1) is 16.4 Å². The Morgan fingerprint density at radius 1 is 1.07 bits per heavy atom. The van der Waals surface area contributed by atoms with Crippen molar-refractivity contribution in [2.75, 3.05) is 5.34 Å². The normalized spacial score (nSPS) is 13.2. The quantitative estimate of drug-likeness (QED) is 0.440. The molecular formula is C22H19Cl2N3O. The molecule has 0 bridgehead atoms. The van der Waals surface area contributed by atoms with Gasteiger partial charge in [-0.25, -0.2) is 4.98 Å². The van der Waals surface area contributed by atoms with Crippen LogP contribution in [0, 0.1) is 0 Å². The molecule has 0 spiro atoms. The predicted molar refractivity (Wildman–Crippen MR) is 116 cm³/mol. The zero-order valence-electron chi connectivity index (χ0n) is 15.1.